The number of carbonyl (C=O) groups excluding carboxylic acids is 1. The summed E-state index contributed by atoms with van der Waals surface area (Å²) in [7, 11) is 0. The maximum absolute atomic E-state index is 13.8. The fourth-order valence-corrected chi connectivity index (χ4v) is 5.19. The largest absolute Gasteiger partial charge is 0.475 e. The zero-order valence-corrected chi connectivity index (χ0v) is 18.4. The van der Waals surface area contributed by atoms with E-state index in [0.717, 1.165) is 35.7 Å². The van der Waals surface area contributed by atoms with Crippen LogP contribution in [0.15, 0.2) is 61.1 Å². The topological polar surface area (TPSA) is 86.0 Å². The van der Waals surface area contributed by atoms with E-state index in [2.05, 4.69) is 20.2 Å². The Morgan fingerprint density at radius 1 is 1.12 bits per heavy atom. The number of fused-ring (bicyclic) bond motifs is 3. The molecule has 8 heteroatoms. The highest BCUT2D eigenvalue weighted by atomic mass is 16.5. The second-order valence-electron chi connectivity index (χ2n) is 9.04. The van der Waals surface area contributed by atoms with Gasteiger partial charge in [-0.15, -0.1) is 4.80 Å². The number of hydrogen-bond acceptors (Lipinski definition) is 6. The van der Waals surface area contributed by atoms with Gasteiger partial charge in [-0.3, -0.25) is 4.79 Å². The number of piperidine rings is 2. The monoisotopic (exact) mass is 440 g/mol. The van der Waals surface area contributed by atoms with Crippen LogP contribution in [0.3, 0.4) is 0 Å². The Hall–Kier alpha value is -3.81. The fraction of sp³-hybridized carbons (Fsp3) is 0.320. The van der Waals surface area contributed by atoms with Crippen molar-refractivity contribution in [3.8, 4) is 11.6 Å². The number of ether oxygens (including phenoxy) is 1. The number of amides is 1. The minimum absolute atomic E-state index is 0.0979. The van der Waals surface area contributed by atoms with Gasteiger partial charge in [-0.2, -0.15) is 10.2 Å². The lowest BCUT2D eigenvalue weighted by atomic mass is 9.63. The Bertz CT molecular complexity index is 1330. The molecular weight excluding hydrogens is 416 g/mol. The molecule has 1 saturated carbocycles. The Kier molecular flexibility index (Phi) is 4.60. The minimum Gasteiger partial charge on any atom is -0.475 e. The Morgan fingerprint density at radius 3 is 2.73 bits per heavy atom. The molecule has 4 aromatic rings. The first-order valence-corrected chi connectivity index (χ1v) is 11.3. The van der Waals surface area contributed by atoms with E-state index in [1.165, 1.54) is 4.80 Å². The summed E-state index contributed by atoms with van der Waals surface area (Å²) in [6.45, 7) is 3.00. The third-order valence-corrected chi connectivity index (χ3v) is 6.86. The van der Waals surface area contributed by atoms with Gasteiger partial charge in [0.2, 0.25) is 5.88 Å². The minimum atomic E-state index is -0.340. The van der Waals surface area contributed by atoms with Gasteiger partial charge >= 0.3 is 0 Å². The lowest BCUT2D eigenvalue weighted by Gasteiger charge is -2.58. The third-order valence-electron chi connectivity index (χ3n) is 6.86. The van der Waals surface area contributed by atoms with Crippen LogP contribution in [0, 0.1) is 12.8 Å². The highest BCUT2D eigenvalue weighted by Crippen LogP contribution is 2.49. The first-order chi connectivity index (χ1) is 16.1. The summed E-state index contributed by atoms with van der Waals surface area (Å²) in [6, 6.07) is 13.8. The van der Waals surface area contributed by atoms with E-state index in [4.69, 9.17) is 4.74 Å². The summed E-state index contributed by atoms with van der Waals surface area (Å²) in [4.78, 5) is 26.3. The van der Waals surface area contributed by atoms with Crippen LogP contribution in [0.2, 0.25) is 0 Å². The number of aromatic nitrogens is 5. The maximum Gasteiger partial charge on any atom is 0.275 e. The van der Waals surface area contributed by atoms with Crippen LogP contribution < -0.4 is 4.74 Å². The van der Waals surface area contributed by atoms with E-state index < -0.39 is 0 Å². The van der Waals surface area contributed by atoms with Gasteiger partial charge in [-0.05, 0) is 49.6 Å². The average molecular weight is 441 g/mol. The molecule has 33 heavy (non-hydrogen) atoms. The van der Waals surface area contributed by atoms with Gasteiger partial charge in [0, 0.05) is 29.9 Å². The SMILES string of the molecule is Cc1ccc(-n2nccn2)c(C(=O)N2CCC3CC2(COc2cc4ccccc4cn2)C3)n1. The number of hydrogen-bond donors (Lipinski definition) is 0. The smallest absolute Gasteiger partial charge is 0.275 e. The van der Waals surface area contributed by atoms with Crippen LogP contribution in [0.5, 0.6) is 5.88 Å². The summed E-state index contributed by atoms with van der Waals surface area (Å²) in [6.07, 6.45) is 7.90. The summed E-state index contributed by atoms with van der Waals surface area (Å²) in [5, 5.41) is 10.6. The second-order valence-corrected chi connectivity index (χ2v) is 9.04. The maximum atomic E-state index is 13.8. The molecule has 2 bridgehead atoms. The molecule has 2 aliphatic heterocycles. The van der Waals surface area contributed by atoms with Gasteiger partial charge < -0.3 is 9.64 Å². The van der Waals surface area contributed by atoms with E-state index in [9.17, 15) is 4.79 Å². The van der Waals surface area contributed by atoms with E-state index in [1.807, 2.05) is 60.5 Å². The van der Waals surface area contributed by atoms with Crippen LogP contribution >= 0.6 is 0 Å². The second kappa shape index (κ2) is 7.65. The summed E-state index contributed by atoms with van der Waals surface area (Å²) >= 11 is 0. The van der Waals surface area contributed by atoms with E-state index >= 15 is 0 Å². The molecule has 166 valence electrons. The van der Waals surface area contributed by atoms with Crippen molar-refractivity contribution < 1.29 is 9.53 Å². The predicted molar refractivity (Wildman–Crippen MR) is 122 cm³/mol. The molecule has 5 heterocycles. The normalized spacial score (nSPS) is 21.6. The number of pyridine rings is 2. The molecule has 3 fully saturated rings. The molecule has 0 spiro atoms. The molecule has 0 atom stereocenters. The number of aryl methyl sites for hydroxylation is 1. The van der Waals surface area contributed by atoms with Crippen molar-refractivity contribution in [2.75, 3.05) is 13.2 Å². The van der Waals surface area contributed by atoms with Crippen molar-refractivity contribution >= 4 is 16.7 Å². The van der Waals surface area contributed by atoms with Crippen LogP contribution in [0.25, 0.3) is 16.5 Å². The van der Waals surface area contributed by atoms with Gasteiger partial charge in [0.05, 0.1) is 17.9 Å². The van der Waals surface area contributed by atoms with Crippen molar-refractivity contribution in [2.45, 2.75) is 31.7 Å². The third kappa shape index (κ3) is 3.42. The van der Waals surface area contributed by atoms with Gasteiger partial charge in [0.15, 0.2) is 5.69 Å². The molecule has 0 N–H and O–H groups in total. The first-order valence-electron chi connectivity index (χ1n) is 11.3. The van der Waals surface area contributed by atoms with Gasteiger partial charge in [-0.1, -0.05) is 24.3 Å². The van der Waals surface area contributed by atoms with E-state index in [1.54, 1.807) is 12.4 Å². The van der Waals surface area contributed by atoms with Gasteiger partial charge in [0.25, 0.3) is 5.91 Å². The number of rotatable bonds is 5. The number of nitrogens with zero attached hydrogens (tertiary/aromatic N) is 6. The molecule has 0 unspecified atom stereocenters. The quantitative estimate of drug-likeness (QED) is 0.471. The van der Waals surface area contributed by atoms with E-state index in [0.29, 0.717) is 36.3 Å². The zero-order chi connectivity index (χ0) is 22.4. The molecule has 0 radical (unpaired) electrons. The molecule has 3 aliphatic rings. The molecular formula is C25H24N6O2. The highest BCUT2D eigenvalue weighted by molar-refractivity contribution is 5.96. The van der Waals surface area contributed by atoms with Gasteiger partial charge in [-0.25, -0.2) is 9.97 Å². The zero-order valence-electron chi connectivity index (χ0n) is 18.4. The van der Waals surface area contributed by atoms with Crippen LogP contribution in [0.1, 0.15) is 35.4 Å². The van der Waals surface area contributed by atoms with E-state index in [-0.39, 0.29) is 11.4 Å². The number of benzene rings is 1. The number of carbonyl (C=O) groups is 1. The van der Waals surface area contributed by atoms with Gasteiger partial charge in [0.1, 0.15) is 12.3 Å². The molecule has 8 nitrogen and oxygen atoms in total. The highest BCUT2D eigenvalue weighted by Gasteiger charge is 2.55. The lowest BCUT2D eigenvalue weighted by molar-refractivity contribution is -0.0804. The first kappa shape index (κ1) is 19.8. The Balaban J connectivity index is 1.29. The molecule has 1 amide bonds. The molecule has 2 saturated heterocycles. The molecule has 1 aromatic carbocycles. The fourth-order valence-electron chi connectivity index (χ4n) is 5.19. The van der Waals surface area contributed by atoms with Crippen LogP contribution in [-0.4, -0.2) is 54.5 Å². The average Bonchev–Trinajstić information content (AvgIpc) is 3.36. The summed E-state index contributed by atoms with van der Waals surface area (Å²) in [5.41, 5.74) is 1.40. The lowest BCUT2D eigenvalue weighted by Crippen LogP contribution is -2.67. The van der Waals surface area contributed by atoms with Crippen molar-refractivity contribution in [3.63, 3.8) is 0 Å². The molecule has 3 aromatic heterocycles. The molecule has 1 aliphatic carbocycles. The Labute approximate surface area is 191 Å². The Morgan fingerprint density at radius 2 is 1.91 bits per heavy atom. The van der Waals surface area contributed by atoms with Crippen molar-refractivity contribution in [1.29, 1.82) is 0 Å². The summed E-state index contributed by atoms with van der Waals surface area (Å²) in [5.74, 6) is 1.12. The summed E-state index contributed by atoms with van der Waals surface area (Å²) < 4.78 is 6.18. The van der Waals surface area contributed by atoms with Crippen molar-refractivity contribution in [2.24, 2.45) is 5.92 Å². The van der Waals surface area contributed by atoms with Crippen molar-refractivity contribution in [3.05, 3.63) is 72.4 Å². The molecule has 7 rings (SSSR count). The van der Waals surface area contributed by atoms with Crippen LogP contribution in [0.4, 0.5) is 0 Å². The van der Waals surface area contributed by atoms with Crippen LogP contribution in [-0.2, 0) is 0 Å². The standard InChI is InChI=1S/C25H24N6O2/c1-17-6-7-21(31-27-9-10-28-31)23(29-17)24(32)30-11-8-18-13-25(30,14-18)16-33-22-12-19-4-2-3-5-20(19)15-26-22/h2-7,9-10,12,15,18H,8,11,13-14,16H2,1H3. The van der Waals surface area contributed by atoms with Crippen molar-refractivity contribution in [1.82, 2.24) is 29.9 Å². The predicted octanol–water partition coefficient (Wildman–Crippen LogP) is 3.59.